The lowest BCUT2D eigenvalue weighted by Gasteiger charge is -2.26. The van der Waals surface area contributed by atoms with Crippen molar-refractivity contribution < 1.29 is 39.3 Å². The molecule has 5 atom stereocenters. The van der Waals surface area contributed by atoms with E-state index in [9.17, 15) is 39.3 Å². The Hall–Kier alpha value is -4.45. The van der Waals surface area contributed by atoms with Crippen molar-refractivity contribution in [3.05, 3.63) is 65.7 Å². The molecule has 2 rings (SSSR count). The number of aromatic hydroxyl groups is 1. The molecule has 3 amide bonds. The van der Waals surface area contributed by atoms with Crippen LogP contribution in [0.1, 0.15) is 37.8 Å². The Morgan fingerprint density at radius 2 is 1.32 bits per heavy atom. The lowest BCUT2D eigenvalue weighted by molar-refractivity contribution is -0.144. The molecule has 0 aromatic heterocycles. The molecule has 2 aromatic carbocycles. The molecule has 0 spiro atoms. The zero-order chi connectivity index (χ0) is 29.8. The molecular formula is C28H36N4O8. The summed E-state index contributed by atoms with van der Waals surface area (Å²) in [7, 11) is 0. The van der Waals surface area contributed by atoms with E-state index in [0.29, 0.717) is 12.0 Å². The van der Waals surface area contributed by atoms with Crippen molar-refractivity contribution in [3.63, 3.8) is 0 Å². The number of amides is 3. The Morgan fingerprint density at radius 3 is 1.88 bits per heavy atom. The first-order valence-electron chi connectivity index (χ1n) is 12.8. The number of carboxylic acid groups (broad SMARTS) is 2. The van der Waals surface area contributed by atoms with Crippen LogP contribution in [0.3, 0.4) is 0 Å². The normalized spacial score (nSPS) is 14.6. The SMILES string of the molecule is CCC(C)C(NC(=O)C(Cc1ccc(O)cc1)NC(=O)C(CC(=O)O)NC(=O)C(N)Cc1ccccc1)C(=O)O. The number of aliphatic carboxylic acids is 2. The molecule has 0 saturated carbocycles. The molecule has 216 valence electrons. The number of phenolic OH excluding ortho intramolecular Hbond substituents is 1. The minimum atomic E-state index is -1.56. The van der Waals surface area contributed by atoms with Gasteiger partial charge in [0.2, 0.25) is 17.7 Å². The third-order valence-corrected chi connectivity index (χ3v) is 6.43. The molecule has 0 fully saturated rings. The maximum atomic E-state index is 13.2. The van der Waals surface area contributed by atoms with E-state index in [0.717, 1.165) is 5.56 Å². The van der Waals surface area contributed by atoms with E-state index >= 15 is 0 Å². The summed E-state index contributed by atoms with van der Waals surface area (Å²) in [6, 6.07) is 9.49. The minimum Gasteiger partial charge on any atom is -0.508 e. The van der Waals surface area contributed by atoms with Crippen LogP contribution in [0.4, 0.5) is 0 Å². The Balaban J connectivity index is 2.24. The van der Waals surface area contributed by atoms with Gasteiger partial charge in [0.15, 0.2) is 0 Å². The van der Waals surface area contributed by atoms with Crippen LogP contribution >= 0.6 is 0 Å². The van der Waals surface area contributed by atoms with Gasteiger partial charge < -0.3 is 37.0 Å². The van der Waals surface area contributed by atoms with Gasteiger partial charge in [-0.15, -0.1) is 0 Å². The van der Waals surface area contributed by atoms with Crippen LogP contribution in [0, 0.1) is 5.92 Å². The summed E-state index contributed by atoms with van der Waals surface area (Å²) < 4.78 is 0. The molecule has 5 unspecified atom stereocenters. The van der Waals surface area contributed by atoms with Crippen molar-refractivity contribution in [2.24, 2.45) is 11.7 Å². The molecule has 0 radical (unpaired) electrons. The first kappa shape index (κ1) is 31.8. The highest BCUT2D eigenvalue weighted by molar-refractivity contribution is 5.95. The second kappa shape index (κ2) is 15.2. The summed E-state index contributed by atoms with van der Waals surface area (Å²) in [5.41, 5.74) is 7.28. The van der Waals surface area contributed by atoms with E-state index < -0.39 is 66.2 Å². The highest BCUT2D eigenvalue weighted by Crippen LogP contribution is 2.13. The number of hydrogen-bond acceptors (Lipinski definition) is 7. The van der Waals surface area contributed by atoms with Crippen LogP contribution in [0.5, 0.6) is 5.75 Å². The van der Waals surface area contributed by atoms with E-state index in [1.165, 1.54) is 24.3 Å². The second-order valence-electron chi connectivity index (χ2n) is 9.60. The fourth-order valence-corrected chi connectivity index (χ4v) is 3.91. The third-order valence-electron chi connectivity index (χ3n) is 6.43. The van der Waals surface area contributed by atoms with Crippen LogP contribution in [0.15, 0.2) is 54.6 Å². The number of benzene rings is 2. The fraction of sp³-hybridized carbons (Fsp3) is 0.393. The molecule has 40 heavy (non-hydrogen) atoms. The first-order valence-corrected chi connectivity index (χ1v) is 12.8. The van der Waals surface area contributed by atoms with Gasteiger partial charge in [-0.2, -0.15) is 0 Å². The predicted molar refractivity (Wildman–Crippen MR) is 145 cm³/mol. The number of carbonyl (C=O) groups is 5. The van der Waals surface area contributed by atoms with Crippen LogP contribution in [0.25, 0.3) is 0 Å². The third kappa shape index (κ3) is 10.0. The lowest BCUT2D eigenvalue weighted by Crippen LogP contribution is -2.58. The molecule has 8 N–H and O–H groups in total. The van der Waals surface area contributed by atoms with Crippen molar-refractivity contribution in [2.45, 2.75) is 63.7 Å². The molecule has 0 heterocycles. The Labute approximate surface area is 232 Å². The zero-order valence-corrected chi connectivity index (χ0v) is 22.4. The predicted octanol–water partition coefficient (Wildman–Crippen LogP) is 0.565. The van der Waals surface area contributed by atoms with Crippen LogP contribution < -0.4 is 21.7 Å². The maximum Gasteiger partial charge on any atom is 0.326 e. The van der Waals surface area contributed by atoms with E-state index in [4.69, 9.17) is 5.73 Å². The minimum absolute atomic E-state index is 0.0208. The van der Waals surface area contributed by atoms with Gasteiger partial charge in [-0.1, -0.05) is 62.7 Å². The number of nitrogens with two attached hydrogens (primary N) is 1. The van der Waals surface area contributed by atoms with Gasteiger partial charge in [-0.3, -0.25) is 19.2 Å². The van der Waals surface area contributed by atoms with Crippen molar-refractivity contribution in [2.75, 3.05) is 0 Å². The van der Waals surface area contributed by atoms with Gasteiger partial charge in [0.25, 0.3) is 0 Å². The van der Waals surface area contributed by atoms with Gasteiger partial charge in [0.05, 0.1) is 12.5 Å². The highest BCUT2D eigenvalue weighted by Gasteiger charge is 2.33. The summed E-state index contributed by atoms with van der Waals surface area (Å²) in [5, 5.41) is 35.8. The van der Waals surface area contributed by atoms with Crippen LogP contribution in [-0.4, -0.2) is 69.1 Å². The molecule has 0 bridgehead atoms. The van der Waals surface area contributed by atoms with Crippen molar-refractivity contribution in [3.8, 4) is 5.75 Å². The van der Waals surface area contributed by atoms with Gasteiger partial charge in [-0.05, 0) is 35.6 Å². The number of phenols is 1. The summed E-state index contributed by atoms with van der Waals surface area (Å²) in [5.74, 6) is -5.59. The van der Waals surface area contributed by atoms with Crippen molar-refractivity contribution >= 4 is 29.7 Å². The quantitative estimate of drug-likeness (QED) is 0.163. The Kier molecular flexibility index (Phi) is 12.1. The average molecular weight is 557 g/mol. The molecule has 0 aliphatic rings. The second-order valence-corrected chi connectivity index (χ2v) is 9.60. The largest absolute Gasteiger partial charge is 0.508 e. The number of carboxylic acids is 2. The van der Waals surface area contributed by atoms with Crippen LogP contribution in [0.2, 0.25) is 0 Å². The Bertz CT molecular complexity index is 1170. The van der Waals surface area contributed by atoms with E-state index in [1.807, 2.05) is 0 Å². The van der Waals surface area contributed by atoms with Gasteiger partial charge in [0, 0.05) is 6.42 Å². The van der Waals surface area contributed by atoms with Crippen molar-refractivity contribution in [1.82, 2.24) is 16.0 Å². The van der Waals surface area contributed by atoms with Crippen LogP contribution in [-0.2, 0) is 36.8 Å². The Morgan fingerprint density at radius 1 is 0.775 bits per heavy atom. The number of hydrogen-bond donors (Lipinski definition) is 7. The van der Waals surface area contributed by atoms with Crippen molar-refractivity contribution in [1.29, 1.82) is 0 Å². The first-order chi connectivity index (χ1) is 18.9. The number of rotatable bonds is 15. The zero-order valence-electron chi connectivity index (χ0n) is 22.4. The van der Waals surface area contributed by atoms with E-state index in [-0.39, 0.29) is 18.6 Å². The summed E-state index contributed by atoms with van der Waals surface area (Å²) in [4.78, 5) is 62.4. The summed E-state index contributed by atoms with van der Waals surface area (Å²) in [6.45, 7) is 3.42. The van der Waals surface area contributed by atoms with E-state index in [1.54, 1.807) is 44.2 Å². The molecule has 0 aliphatic heterocycles. The molecule has 2 aromatic rings. The summed E-state index contributed by atoms with van der Waals surface area (Å²) >= 11 is 0. The standard InChI is InChI=1S/C28H36N4O8/c1-3-16(2)24(28(39)40)32-27(38)21(14-18-9-11-19(33)12-10-18)31-26(37)22(15-23(34)35)30-25(36)20(29)13-17-7-5-4-6-8-17/h4-12,16,20-22,24,33H,3,13-15,29H2,1-2H3,(H,30,36)(H,31,37)(H,32,38)(H,34,35)(H,39,40). The number of nitrogens with one attached hydrogen (secondary N) is 3. The average Bonchev–Trinajstić information content (AvgIpc) is 2.91. The molecule has 0 aliphatic carbocycles. The van der Waals surface area contributed by atoms with Gasteiger partial charge in [-0.25, -0.2) is 4.79 Å². The van der Waals surface area contributed by atoms with Gasteiger partial charge in [0.1, 0.15) is 23.9 Å². The smallest absolute Gasteiger partial charge is 0.326 e. The molecule has 0 saturated heterocycles. The number of carbonyl (C=O) groups excluding carboxylic acids is 3. The van der Waals surface area contributed by atoms with E-state index in [2.05, 4.69) is 16.0 Å². The maximum absolute atomic E-state index is 13.2. The topological polar surface area (TPSA) is 208 Å². The molecule has 12 nitrogen and oxygen atoms in total. The fourth-order valence-electron chi connectivity index (χ4n) is 3.91. The molecule has 12 heteroatoms. The molecular weight excluding hydrogens is 520 g/mol. The summed E-state index contributed by atoms with van der Waals surface area (Å²) in [6.07, 6.45) is -0.284. The monoisotopic (exact) mass is 556 g/mol. The lowest BCUT2D eigenvalue weighted by atomic mass is 9.98. The highest BCUT2D eigenvalue weighted by atomic mass is 16.4. The van der Waals surface area contributed by atoms with Gasteiger partial charge >= 0.3 is 11.9 Å².